The molecule has 0 aliphatic heterocycles. The van der Waals surface area contributed by atoms with Crippen LogP contribution in [-0.2, 0) is 9.84 Å². The summed E-state index contributed by atoms with van der Waals surface area (Å²) in [6, 6.07) is 5.43. The molecular formula is C8H11BrN2O2S. The molecule has 4 nitrogen and oxygen atoms in total. The second-order valence-electron chi connectivity index (χ2n) is 2.90. The maximum Gasteiger partial charge on any atom is 0.149 e. The van der Waals surface area contributed by atoms with Crippen molar-refractivity contribution >= 4 is 31.6 Å². The molecule has 0 saturated carbocycles. The van der Waals surface area contributed by atoms with E-state index in [1.54, 1.807) is 6.07 Å². The highest BCUT2D eigenvalue weighted by Crippen LogP contribution is 2.09. The standard InChI is InChI=1S/C8H11BrN2O2S/c1-14(12,13)6-5-10-8-4-2-3-7(9)11-8/h2-4H,5-6H2,1H3,(H,10,11). The Balaban J connectivity index is 2.47. The van der Waals surface area contributed by atoms with Gasteiger partial charge in [0.15, 0.2) is 0 Å². The number of rotatable bonds is 4. The van der Waals surface area contributed by atoms with Crippen LogP contribution in [0.4, 0.5) is 5.82 Å². The molecule has 0 bridgehead atoms. The molecule has 1 aromatic rings. The van der Waals surface area contributed by atoms with Crippen LogP contribution in [0.2, 0.25) is 0 Å². The van der Waals surface area contributed by atoms with E-state index in [1.807, 2.05) is 12.1 Å². The fraction of sp³-hybridized carbons (Fsp3) is 0.375. The Morgan fingerprint density at radius 1 is 1.50 bits per heavy atom. The molecule has 1 rings (SSSR count). The maximum absolute atomic E-state index is 10.8. The van der Waals surface area contributed by atoms with E-state index in [0.717, 1.165) is 4.60 Å². The van der Waals surface area contributed by atoms with Crippen molar-refractivity contribution in [1.29, 1.82) is 0 Å². The smallest absolute Gasteiger partial charge is 0.149 e. The van der Waals surface area contributed by atoms with E-state index in [2.05, 4.69) is 26.2 Å². The van der Waals surface area contributed by atoms with Crippen LogP contribution in [0, 0.1) is 0 Å². The zero-order valence-electron chi connectivity index (χ0n) is 7.70. The quantitative estimate of drug-likeness (QED) is 0.844. The second kappa shape index (κ2) is 4.75. The fourth-order valence-corrected chi connectivity index (χ4v) is 1.69. The van der Waals surface area contributed by atoms with Crippen molar-refractivity contribution in [2.24, 2.45) is 0 Å². The Labute approximate surface area is 91.8 Å². The van der Waals surface area contributed by atoms with Crippen LogP contribution in [0.5, 0.6) is 0 Å². The molecule has 0 aliphatic rings. The van der Waals surface area contributed by atoms with E-state index in [0.29, 0.717) is 12.4 Å². The predicted molar refractivity (Wildman–Crippen MR) is 60.1 cm³/mol. The topological polar surface area (TPSA) is 59.1 Å². The molecule has 1 aromatic heterocycles. The summed E-state index contributed by atoms with van der Waals surface area (Å²) < 4.78 is 22.4. The number of sulfone groups is 1. The molecule has 0 radical (unpaired) electrons. The molecule has 0 fully saturated rings. The highest BCUT2D eigenvalue weighted by atomic mass is 79.9. The van der Waals surface area contributed by atoms with Crippen LogP contribution in [0.15, 0.2) is 22.8 Å². The lowest BCUT2D eigenvalue weighted by Gasteiger charge is -2.04. The number of pyridine rings is 1. The van der Waals surface area contributed by atoms with Crippen molar-refractivity contribution in [1.82, 2.24) is 4.98 Å². The van der Waals surface area contributed by atoms with Crippen molar-refractivity contribution in [2.75, 3.05) is 23.9 Å². The molecule has 78 valence electrons. The van der Waals surface area contributed by atoms with Crippen LogP contribution in [-0.4, -0.2) is 32.0 Å². The molecular weight excluding hydrogens is 268 g/mol. The molecule has 0 amide bonds. The van der Waals surface area contributed by atoms with Crippen molar-refractivity contribution < 1.29 is 8.42 Å². The van der Waals surface area contributed by atoms with E-state index in [-0.39, 0.29) is 5.75 Å². The minimum atomic E-state index is -2.91. The Hall–Kier alpha value is -0.620. The number of hydrogen-bond donors (Lipinski definition) is 1. The molecule has 0 unspecified atom stereocenters. The molecule has 6 heteroatoms. The van der Waals surface area contributed by atoms with E-state index in [9.17, 15) is 8.42 Å². The van der Waals surface area contributed by atoms with Gasteiger partial charge in [-0.15, -0.1) is 0 Å². The van der Waals surface area contributed by atoms with Crippen molar-refractivity contribution in [2.45, 2.75) is 0 Å². The predicted octanol–water partition coefficient (Wildman–Crippen LogP) is 1.30. The van der Waals surface area contributed by atoms with Crippen LogP contribution in [0.1, 0.15) is 0 Å². The third-order valence-corrected chi connectivity index (χ3v) is 2.88. The van der Waals surface area contributed by atoms with Gasteiger partial charge < -0.3 is 5.32 Å². The van der Waals surface area contributed by atoms with Gasteiger partial charge in [0.05, 0.1) is 5.75 Å². The molecule has 1 N–H and O–H groups in total. The summed E-state index contributed by atoms with van der Waals surface area (Å²) in [5, 5.41) is 2.92. The zero-order valence-corrected chi connectivity index (χ0v) is 10.1. The average Bonchev–Trinajstić information content (AvgIpc) is 2.01. The lowest BCUT2D eigenvalue weighted by Crippen LogP contribution is -2.14. The first-order valence-electron chi connectivity index (χ1n) is 4.01. The Morgan fingerprint density at radius 2 is 2.21 bits per heavy atom. The first-order valence-corrected chi connectivity index (χ1v) is 6.87. The minimum Gasteiger partial charge on any atom is -0.369 e. The van der Waals surface area contributed by atoms with E-state index in [4.69, 9.17) is 0 Å². The van der Waals surface area contributed by atoms with Gasteiger partial charge in [0, 0.05) is 12.8 Å². The summed E-state index contributed by atoms with van der Waals surface area (Å²) in [5.74, 6) is 0.782. The summed E-state index contributed by atoms with van der Waals surface area (Å²) in [7, 11) is -2.91. The van der Waals surface area contributed by atoms with Crippen molar-refractivity contribution in [3.05, 3.63) is 22.8 Å². The van der Waals surface area contributed by atoms with Gasteiger partial charge in [0.1, 0.15) is 20.3 Å². The molecule has 0 atom stereocenters. The van der Waals surface area contributed by atoms with Crippen molar-refractivity contribution in [3.8, 4) is 0 Å². The van der Waals surface area contributed by atoms with Gasteiger partial charge in [-0.2, -0.15) is 0 Å². The highest BCUT2D eigenvalue weighted by molar-refractivity contribution is 9.10. The number of hydrogen-bond acceptors (Lipinski definition) is 4. The number of aromatic nitrogens is 1. The van der Waals surface area contributed by atoms with E-state index < -0.39 is 9.84 Å². The SMILES string of the molecule is CS(=O)(=O)CCNc1cccc(Br)n1. The summed E-state index contributed by atoms with van der Waals surface area (Å²) in [6.07, 6.45) is 1.21. The van der Waals surface area contributed by atoms with Gasteiger partial charge in [-0.1, -0.05) is 6.07 Å². The third-order valence-electron chi connectivity index (χ3n) is 1.49. The van der Waals surface area contributed by atoms with Gasteiger partial charge in [0.2, 0.25) is 0 Å². The largest absolute Gasteiger partial charge is 0.369 e. The molecule has 1 heterocycles. The van der Waals surface area contributed by atoms with Crippen LogP contribution in [0.25, 0.3) is 0 Å². The average molecular weight is 279 g/mol. The lowest BCUT2D eigenvalue weighted by atomic mass is 10.4. The Kier molecular flexibility index (Phi) is 3.88. The molecule has 0 saturated heterocycles. The van der Waals surface area contributed by atoms with E-state index >= 15 is 0 Å². The molecule has 0 aliphatic carbocycles. The lowest BCUT2D eigenvalue weighted by molar-refractivity contribution is 0.602. The number of halogens is 1. The van der Waals surface area contributed by atoms with Crippen molar-refractivity contribution in [3.63, 3.8) is 0 Å². The van der Waals surface area contributed by atoms with E-state index in [1.165, 1.54) is 6.26 Å². The zero-order chi connectivity index (χ0) is 10.6. The van der Waals surface area contributed by atoms with Gasteiger partial charge >= 0.3 is 0 Å². The fourth-order valence-electron chi connectivity index (χ4n) is 0.871. The summed E-state index contributed by atoms with van der Waals surface area (Å²) in [4.78, 5) is 4.10. The maximum atomic E-state index is 10.8. The first-order chi connectivity index (χ1) is 6.47. The second-order valence-corrected chi connectivity index (χ2v) is 5.97. The van der Waals surface area contributed by atoms with Gasteiger partial charge in [-0.3, -0.25) is 0 Å². The number of anilines is 1. The monoisotopic (exact) mass is 278 g/mol. The molecule has 14 heavy (non-hydrogen) atoms. The molecule has 0 spiro atoms. The summed E-state index contributed by atoms with van der Waals surface area (Å²) in [5.41, 5.74) is 0. The Bertz CT molecular complexity index is 406. The number of nitrogens with one attached hydrogen (secondary N) is 1. The van der Waals surface area contributed by atoms with Crippen LogP contribution >= 0.6 is 15.9 Å². The highest BCUT2D eigenvalue weighted by Gasteiger charge is 2.01. The Morgan fingerprint density at radius 3 is 2.79 bits per heavy atom. The first kappa shape index (κ1) is 11.5. The van der Waals surface area contributed by atoms with Gasteiger partial charge in [0.25, 0.3) is 0 Å². The third kappa shape index (κ3) is 4.57. The van der Waals surface area contributed by atoms with Crippen LogP contribution in [0.3, 0.4) is 0 Å². The summed E-state index contributed by atoms with van der Waals surface area (Å²) >= 11 is 3.22. The van der Waals surface area contributed by atoms with Gasteiger partial charge in [-0.05, 0) is 28.1 Å². The van der Waals surface area contributed by atoms with Crippen LogP contribution < -0.4 is 5.32 Å². The normalized spacial score (nSPS) is 11.3. The van der Waals surface area contributed by atoms with Gasteiger partial charge in [-0.25, -0.2) is 13.4 Å². The molecule has 0 aromatic carbocycles. The number of nitrogens with zero attached hydrogens (tertiary/aromatic N) is 1. The summed E-state index contributed by atoms with van der Waals surface area (Å²) in [6.45, 7) is 0.377. The minimum absolute atomic E-state index is 0.112.